The van der Waals surface area contributed by atoms with Crippen LogP contribution in [0.4, 0.5) is 10.7 Å². The van der Waals surface area contributed by atoms with Crippen LogP contribution in [0.15, 0.2) is 83.4 Å². The molecule has 0 aliphatic heterocycles. The van der Waals surface area contributed by atoms with Crippen LogP contribution in [0.5, 0.6) is 11.5 Å². The Kier molecular flexibility index (Phi) is 12.5. The molecule has 0 saturated heterocycles. The third-order valence-electron chi connectivity index (χ3n) is 8.84. The summed E-state index contributed by atoms with van der Waals surface area (Å²) in [6.07, 6.45) is 4.15. The lowest BCUT2D eigenvalue weighted by molar-refractivity contribution is -0.114. The molecular formula is C40H43N3O7S2. The number of rotatable bonds is 12. The fourth-order valence-corrected chi connectivity index (χ4v) is 8.04. The fraction of sp³-hybridized carbons (Fsp3) is 0.300. The number of carbonyl (C=O) groups is 4. The molecule has 1 atom stereocenters. The highest BCUT2D eigenvalue weighted by Gasteiger charge is 2.34. The number of hydrogen-bond donors (Lipinski definition) is 3. The third kappa shape index (κ3) is 9.42. The number of anilines is 2. The Balaban J connectivity index is 1.29. The van der Waals surface area contributed by atoms with Crippen molar-refractivity contribution in [2.75, 3.05) is 37.7 Å². The maximum Gasteiger partial charge on any atom is 0.341 e. The number of hydrogen-bond acceptors (Lipinski definition) is 9. The van der Waals surface area contributed by atoms with Gasteiger partial charge in [-0.25, -0.2) is 4.79 Å². The number of thioether (sulfide) groups is 1. The molecule has 3 amide bonds. The van der Waals surface area contributed by atoms with E-state index in [9.17, 15) is 19.2 Å². The number of carbonyl (C=O) groups excluding carboxylic acids is 4. The number of fused-ring (bicyclic) bond motifs is 1. The SMILES string of the molecule is COC(=O)c1c(NC(=O)CSc2cccc(NC(=O)/C(=C\c3ccc(OC)c(OC)c3)NC(=O)c3ccccc3)c2)sc2c1CCC(C(C)(C)C)C2. The van der Waals surface area contributed by atoms with Gasteiger partial charge >= 0.3 is 5.97 Å². The van der Waals surface area contributed by atoms with E-state index in [0.717, 1.165) is 34.6 Å². The maximum absolute atomic E-state index is 13.7. The van der Waals surface area contributed by atoms with Crippen molar-refractivity contribution in [3.05, 3.63) is 106 Å². The average molecular weight is 742 g/mol. The van der Waals surface area contributed by atoms with Gasteiger partial charge in [0.1, 0.15) is 10.7 Å². The predicted octanol–water partition coefficient (Wildman–Crippen LogP) is 7.84. The first-order chi connectivity index (χ1) is 24.9. The number of amides is 3. The van der Waals surface area contributed by atoms with Crippen molar-refractivity contribution < 1.29 is 33.4 Å². The van der Waals surface area contributed by atoms with Crippen molar-refractivity contribution in [2.45, 2.75) is 44.9 Å². The Morgan fingerprint density at radius 1 is 0.904 bits per heavy atom. The number of methoxy groups -OCH3 is 3. The fourth-order valence-electron chi connectivity index (χ4n) is 5.96. The summed E-state index contributed by atoms with van der Waals surface area (Å²) in [5.74, 6) is -0.171. The highest BCUT2D eigenvalue weighted by Crippen LogP contribution is 2.44. The first-order valence-corrected chi connectivity index (χ1v) is 18.6. The summed E-state index contributed by atoms with van der Waals surface area (Å²) in [4.78, 5) is 54.6. The predicted molar refractivity (Wildman–Crippen MR) is 206 cm³/mol. The van der Waals surface area contributed by atoms with Gasteiger partial charge in [-0.3, -0.25) is 14.4 Å². The van der Waals surface area contributed by atoms with Gasteiger partial charge in [-0.2, -0.15) is 0 Å². The molecule has 52 heavy (non-hydrogen) atoms. The van der Waals surface area contributed by atoms with Crippen molar-refractivity contribution >= 4 is 63.6 Å². The zero-order valence-electron chi connectivity index (χ0n) is 30.1. The van der Waals surface area contributed by atoms with E-state index in [1.54, 1.807) is 72.8 Å². The second-order valence-electron chi connectivity index (χ2n) is 13.3. The van der Waals surface area contributed by atoms with Crippen molar-refractivity contribution in [1.29, 1.82) is 0 Å². The molecule has 0 fully saturated rings. The van der Waals surface area contributed by atoms with Crippen LogP contribution in [0, 0.1) is 11.3 Å². The molecule has 4 aromatic rings. The second-order valence-corrected chi connectivity index (χ2v) is 15.5. The smallest absolute Gasteiger partial charge is 0.341 e. The Hall–Kier alpha value is -5.07. The van der Waals surface area contributed by atoms with Gasteiger partial charge in [0.2, 0.25) is 5.91 Å². The third-order valence-corrected chi connectivity index (χ3v) is 11.0. The van der Waals surface area contributed by atoms with Crippen LogP contribution in [-0.4, -0.2) is 50.8 Å². The average Bonchev–Trinajstić information content (AvgIpc) is 3.50. The molecule has 1 heterocycles. The van der Waals surface area contributed by atoms with Crippen LogP contribution in [0.3, 0.4) is 0 Å². The van der Waals surface area contributed by atoms with E-state index in [4.69, 9.17) is 14.2 Å². The molecule has 3 N–H and O–H groups in total. The number of ether oxygens (including phenoxy) is 3. The Bertz CT molecular complexity index is 1980. The second kappa shape index (κ2) is 17.0. The topological polar surface area (TPSA) is 132 Å². The summed E-state index contributed by atoms with van der Waals surface area (Å²) < 4.78 is 15.8. The Labute approximate surface area is 312 Å². The van der Waals surface area contributed by atoms with E-state index in [2.05, 4.69) is 36.7 Å². The maximum atomic E-state index is 13.7. The van der Waals surface area contributed by atoms with Crippen molar-refractivity contribution in [1.82, 2.24) is 5.32 Å². The standard InChI is InChI=1S/C40H43N3O7S2/c1-40(2,3)26-16-17-29-33(21-26)52-38(35(29)39(47)50-6)43-34(44)23-51-28-14-10-13-27(22-28)41-37(46)30(42-36(45)25-11-8-7-9-12-25)19-24-15-18-31(48-4)32(20-24)49-5/h7-15,18-20,22,26H,16-17,21,23H2,1-6H3,(H,41,46)(H,42,45)(H,43,44)/b30-19+. The van der Waals surface area contributed by atoms with E-state index in [-0.39, 0.29) is 22.8 Å². The van der Waals surface area contributed by atoms with Crippen LogP contribution in [0.1, 0.15) is 63.9 Å². The molecule has 1 aliphatic carbocycles. The number of benzene rings is 3. The highest BCUT2D eigenvalue weighted by molar-refractivity contribution is 8.00. The van der Waals surface area contributed by atoms with Crippen molar-refractivity contribution in [2.24, 2.45) is 11.3 Å². The minimum Gasteiger partial charge on any atom is -0.493 e. The number of nitrogens with one attached hydrogen (secondary N) is 3. The Morgan fingerprint density at radius 3 is 2.35 bits per heavy atom. The summed E-state index contributed by atoms with van der Waals surface area (Å²) in [6.45, 7) is 6.70. The van der Waals surface area contributed by atoms with Gasteiger partial charge in [0.05, 0.1) is 32.6 Å². The zero-order chi connectivity index (χ0) is 37.4. The highest BCUT2D eigenvalue weighted by atomic mass is 32.2. The van der Waals surface area contributed by atoms with Crippen molar-refractivity contribution in [3.8, 4) is 11.5 Å². The summed E-state index contributed by atoms with van der Waals surface area (Å²) >= 11 is 2.75. The lowest BCUT2D eigenvalue weighted by Gasteiger charge is -2.33. The molecule has 1 aliphatic rings. The van der Waals surface area contributed by atoms with E-state index in [0.29, 0.717) is 44.8 Å². The minimum absolute atomic E-state index is 0.00684. The van der Waals surface area contributed by atoms with Crippen molar-refractivity contribution in [3.63, 3.8) is 0 Å². The van der Waals surface area contributed by atoms with Gasteiger partial charge in [-0.05, 0) is 90.3 Å². The first kappa shape index (κ1) is 38.2. The normalized spacial score (nSPS) is 14.1. The summed E-state index contributed by atoms with van der Waals surface area (Å²) in [7, 11) is 4.40. The number of thiophene rings is 1. The molecule has 5 rings (SSSR count). The summed E-state index contributed by atoms with van der Waals surface area (Å²) in [6, 6.07) is 20.8. The Morgan fingerprint density at radius 2 is 1.65 bits per heavy atom. The largest absolute Gasteiger partial charge is 0.493 e. The van der Waals surface area contributed by atoms with Crippen LogP contribution in [0.25, 0.3) is 6.08 Å². The van der Waals surface area contributed by atoms with Crippen LogP contribution in [0.2, 0.25) is 0 Å². The molecule has 3 aromatic carbocycles. The monoisotopic (exact) mass is 741 g/mol. The first-order valence-electron chi connectivity index (χ1n) is 16.8. The molecule has 12 heteroatoms. The minimum atomic E-state index is -0.551. The van der Waals surface area contributed by atoms with Gasteiger partial charge in [0.15, 0.2) is 11.5 Å². The summed E-state index contributed by atoms with van der Waals surface area (Å²) in [5.41, 5.74) is 3.03. The van der Waals surface area contributed by atoms with Gasteiger partial charge in [-0.1, -0.05) is 51.1 Å². The van der Waals surface area contributed by atoms with Gasteiger partial charge < -0.3 is 30.2 Å². The van der Waals surface area contributed by atoms with Gasteiger partial charge in [0, 0.05) is 21.0 Å². The number of esters is 1. The molecule has 1 unspecified atom stereocenters. The van der Waals surface area contributed by atoms with E-state index >= 15 is 0 Å². The quantitative estimate of drug-likeness (QED) is 0.0761. The molecule has 0 spiro atoms. The van der Waals surface area contributed by atoms with Crippen LogP contribution >= 0.6 is 23.1 Å². The molecule has 1 aromatic heterocycles. The zero-order valence-corrected chi connectivity index (χ0v) is 31.7. The van der Waals surface area contributed by atoms with E-state index < -0.39 is 17.8 Å². The lowest BCUT2D eigenvalue weighted by atomic mass is 9.72. The van der Waals surface area contributed by atoms with Gasteiger partial charge in [0.25, 0.3) is 11.8 Å². The summed E-state index contributed by atoms with van der Waals surface area (Å²) in [5, 5.41) is 9.08. The van der Waals surface area contributed by atoms with Crippen LogP contribution in [-0.2, 0) is 27.2 Å². The molecule has 0 saturated carbocycles. The lowest BCUT2D eigenvalue weighted by Crippen LogP contribution is -2.30. The molecule has 0 radical (unpaired) electrons. The van der Waals surface area contributed by atoms with Gasteiger partial charge in [-0.15, -0.1) is 23.1 Å². The molecule has 272 valence electrons. The molecule has 0 bridgehead atoms. The van der Waals surface area contributed by atoms with E-state index in [1.165, 1.54) is 44.4 Å². The van der Waals surface area contributed by atoms with Crippen LogP contribution < -0.4 is 25.4 Å². The molecular weight excluding hydrogens is 699 g/mol. The van der Waals surface area contributed by atoms with E-state index in [1.807, 2.05) is 6.07 Å². The molecule has 10 nitrogen and oxygen atoms in total.